The number of carbonyl (C=O) groups is 1. The molecule has 0 bridgehead atoms. The molecule has 20 heavy (non-hydrogen) atoms. The quantitative estimate of drug-likeness (QED) is 0.612. The number of ether oxygens (including phenoxy) is 3. The molecule has 4 heteroatoms. The highest BCUT2D eigenvalue weighted by Crippen LogP contribution is 2.30. The van der Waals surface area contributed by atoms with Crippen molar-refractivity contribution in [2.45, 2.75) is 33.3 Å². The zero-order valence-corrected chi connectivity index (χ0v) is 12.1. The van der Waals surface area contributed by atoms with Crippen LogP contribution in [0.25, 0.3) is 6.08 Å². The minimum absolute atomic E-state index is 0.0391. The molecule has 0 aromatic heterocycles. The lowest BCUT2D eigenvalue weighted by Crippen LogP contribution is -2.00. The summed E-state index contributed by atoms with van der Waals surface area (Å²) in [6, 6.07) is 5.67. The number of cyclic esters (lactones) is 1. The third-order valence-electron chi connectivity index (χ3n) is 2.99. The van der Waals surface area contributed by atoms with Gasteiger partial charge in [-0.3, -0.25) is 0 Å². The SMILES string of the molecule is CCOc1ccc(C=C2CC(C)OC2=O)cc1OCC. The van der Waals surface area contributed by atoms with Crippen LogP contribution in [0.2, 0.25) is 0 Å². The summed E-state index contributed by atoms with van der Waals surface area (Å²) in [6.07, 6.45) is 2.46. The molecule has 1 aromatic carbocycles. The third-order valence-corrected chi connectivity index (χ3v) is 2.99. The second-order valence-electron chi connectivity index (χ2n) is 4.66. The molecule has 0 N–H and O–H groups in total. The Labute approximate surface area is 119 Å². The Morgan fingerprint density at radius 1 is 1.25 bits per heavy atom. The maximum atomic E-state index is 11.6. The number of carbonyl (C=O) groups excluding carboxylic acids is 1. The molecule has 0 radical (unpaired) electrons. The Kier molecular flexibility index (Phi) is 4.66. The summed E-state index contributed by atoms with van der Waals surface area (Å²) < 4.78 is 16.2. The van der Waals surface area contributed by atoms with E-state index < -0.39 is 0 Å². The van der Waals surface area contributed by atoms with Crippen LogP contribution < -0.4 is 9.47 Å². The molecule has 108 valence electrons. The van der Waals surface area contributed by atoms with Crippen molar-refractivity contribution >= 4 is 12.0 Å². The van der Waals surface area contributed by atoms with E-state index in [1.807, 2.05) is 45.0 Å². The Bertz CT molecular complexity index is 519. The molecule has 1 saturated heterocycles. The lowest BCUT2D eigenvalue weighted by Gasteiger charge is -2.11. The summed E-state index contributed by atoms with van der Waals surface area (Å²) in [5, 5.41) is 0. The van der Waals surface area contributed by atoms with E-state index in [9.17, 15) is 4.79 Å². The predicted octanol–water partition coefficient (Wildman–Crippen LogP) is 3.20. The van der Waals surface area contributed by atoms with Gasteiger partial charge in [0.2, 0.25) is 0 Å². The molecule has 0 saturated carbocycles. The van der Waals surface area contributed by atoms with Gasteiger partial charge in [0.15, 0.2) is 11.5 Å². The van der Waals surface area contributed by atoms with Gasteiger partial charge in [-0.1, -0.05) is 6.07 Å². The van der Waals surface area contributed by atoms with Gasteiger partial charge in [0.05, 0.1) is 13.2 Å². The first-order valence-electron chi connectivity index (χ1n) is 6.95. The topological polar surface area (TPSA) is 44.8 Å². The molecule has 1 unspecified atom stereocenters. The molecular weight excluding hydrogens is 256 g/mol. The minimum atomic E-state index is -0.232. The van der Waals surface area contributed by atoms with Gasteiger partial charge in [-0.05, 0) is 44.5 Å². The predicted molar refractivity (Wildman–Crippen MR) is 76.9 cm³/mol. The van der Waals surface area contributed by atoms with E-state index in [0.29, 0.717) is 31.0 Å². The zero-order chi connectivity index (χ0) is 14.5. The Morgan fingerprint density at radius 2 is 1.95 bits per heavy atom. The average molecular weight is 276 g/mol. The van der Waals surface area contributed by atoms with Crippen molar-refractivity contribution in [2.75, 3.05) is 13.2 Å². The molecular formula is C16H20O4. The van der Waals surface area contributed by atoms with Crippen LogP contribution in [0, 0.1) is 0 Å². The van der Waals surface area contributed by atoms with E-state index in [1.165, 1.54) is 0 Å². The van der Waals surface area contributed by atoms with Gasteiger partial charge in [-0.15, -0.1) is 0 Å². The fraction of sp³-hybridized carbons (Fsp3) is 0.438. The summed E-state index contributed by atoms with van der Waals surface area (Å²) in [4.78, 5) is 11.6. The maximum Gasteiger partial charge on any atom is 0.334 e. The lowest BCUT2D eigenvalue weighted by molar-refractivity contribution is -0.138. The molecule has 1 atom stereocenters. The van der Waals surface area contributed by atoms with Crippen LogP contribution in [0.3, 0.4) is 0 Å². The van der Waals surface area contributed by atoms with Crippen molar-refractivity contribution < 1.29 is 19.0 Å². The average Bonchev–Trinajstić information content (AvgIpc) is 2.71. The summed E-state index contributed by atoms with van der Waals surface area (Å²) in [5.41, 5.74) is 1.61. The normalized spacial score (nSPS) is 20.1. The fourth-order valence-corrected chi connectivity index (χ4v) is 2.17. The van der Waals surface area contributed by atoms with E-state index in [-0.39, 0.29) is 12.1 Å². The van der Waals surface area contributed by atoms with Crippen LogP contribution in [0.4, 0.5) is 0 Å². The summed E-state index contributed by atoms with van der Waals surface area (Å²) >= 11 is 0. The van der Waals surface area contributed by atoms with Gasteiger partial charge in [0, 0.05) is 12.0 Å². The lowest BCUT2D eigenvalue weighted by atomic mass is 10.1. The summed E-state index contributed by atoms with van der Waals surface area (Å²) in [7, 11) is 0. The van der Waals surface area contributed by atoms with Crippen molar-refractivity contribution in [1.29, 1.82) is 0 Å². The molecule has 0 amide bonds. The van der Waals surface area contributed by atoms with Crippen molar-refractivity contribution in [3.05, 3.63) is 29.3 Å². The highest BCUT2D eigenvalue weighted by Gasteiger charge is 2.25. The molecule has 1 aliphatic heterocycles. The Hall–Kier alpha value is -1.97. The van der Waals surface area contributed by atoms with Crippen molar-refractivity contribution in [2.24, 2.45) is 0 Å². The highest BCUT2D eigenvalue weighted by atomic mass is 16.5. The largest absolute Gasteiger partial charge is 0.490 e. The van der Waals surface area contributed by atoms with E-state index in [1.54, 1.807) is 0 Å². The van der Waals surface area contributed by atoms with E-state index in [0.717, 1.165) is 11.3 Å². The number of rotatable bonds is 5. The smallest absolute Gasteiger partial charge is 0.334 e. The van der Waals surface area contributed by atoms with Crippen molar-refractivity contribution in [3.8, 4) is 11.5 Å². The van der Waals surface area contributed by atoms with Crippen LogP contribution in [0.1, 0.15) is 32.8 Å². The van der Waals surface area contributed by atoms with Crippen LogP contribution in [-0.2, 0) is 9.53 Å². The first-order chi connectivity index (χ1) is 9.63. The number of benzene rings is 1. The molecule has 1 fully saturated rings. The first kappa shape index (κ1) is 14.4. The third kappa shape index (κ3) is 3.32. The van der Waals surface area contributed by atoms with E-state index >= 15 is 0 Å². The maximum absolute atomic E-state index is 11.6. The van der Waals surface area contributed by atoms with Crippen LogP contribution in [-0.4, -0.2) is 25.3 Å². The number of esters is 1. The van der Waals surface area contributed by atoms with E-state index in [2.05, 4.69) is 0 Å². The van der Waals surface area contributed by atoms with Crippen LogP contribution in [0.15, 0.2) is 23.8 Å². The highest BCUT2D eigenvalue weighted by molar-refractivity contribution is 5.95. The fourth-order valence-electron chi connectivity index (χ4n) is 2.17. The summed E-state index contributed by atoms with van der Waals surface area (Å²) in [6.45, 7) is 6.91. The molecule has 0 spiro atoms. The number of hydrogen-bond acceptors (Lipinski definition) is 4. The van der Waals surface area contributed by atoms with Gasteiger partial charge < -0.3 is 14.2 Å². The molecule has 2 rings (SSSR count). The van der Waals surface area contributed by atoms with Gasteiger partial charge in [0.1, 0.15) is 6.10 Å². The second kappa shape index (κ2) is 6.46. The van der Waals surface area contributed by atoms with Crippen LogP contribution >= 0.6 is 0 Å². The molecule has 0 aliphatic carbocycles. The molecule has 4 nitrogen and oxygen atoms in total. The monoisotopic (exact) mass is 276 g/mol. The van der Waals surface area contributed by atoms with E-state index in [4.69, 9.17) is 14.2 Å². The minimum Gasteiger partial charge on any atom is -0.490 e. The van der Waals surface area contributed by atoms with Crippen LogP contribution in [0.5, 0.6) is 11.5 Å². The van der Waals surface area contributed by atoms with Crippen molar-refractivity contribution in [1.82, 2.24) is 0 Å². The summed E-state index contributed by atoms with van der Waals surface area (Å²) in [5.74, 6) is 1.19. The Balaban J connectivity index is 2.26. The van der Waals surface area contributed by atoms with Gasteiger partial charge in [0.25, 0.3) is 0 Å². The van der Waals surface area contributed by atoms with Gasteiger partial charge in [-0.2, -0.15) is 0 Å². The molecule has 1 aromatic rings. The standard InChI is InChI=1S/C16H20O4/c1-4-18-14-7-6-12(10-15(14)19-5-2)9-13-8-11(3)20-16(13)17/h6-7,9-11H,4-5,8H2,1-3H3. The first-order valence-corrected chi connectivity index (χ1v) is 6.95. The molecule has 1 heterocycles. The molecule has 1 aliphatic rings. The van der Waals surface area contributed by atoms with Gasteiger partial charge in [-0.25, -0.2) is 4.79 Å². The second-order valence-corrected chi connectivity index (χ2v) is 4.66. The van der Waals surface area contributed by atoms with Gasteiger partial charge >= 0.3 is 5.97 Å². The number of hydrogen-bond donors (Lipinski definition) is 0. The zero-order valence-electron chi connectivity index (χ0n) is 12.1. The van der Waals surface area contributed by atoms with Crippen molar-refractivity contribution in [3.63, 3.8) is 0 Å². The Morgan fingerprint density at radius 3 is 2.55 bits per heavy atom.